The van der Waals surface area contributed by atoms with Crippen molar-refractivity contribution in [1.29, 1.82) is 5.26 Å². The van der Waals surface area contributed by atoms with Crippen molar-refractivity contribution in [3.8, 4) is 6.07 Å². The van der Waals surface area contributed by atoms with Gasteiger partial charge in [0.15, 0.2) is 5.95 Å². The number of fused-ring (bicyclic) bond motifs is 1. The molecule has 0 radical (unpaired) electrons. The monoisotopic (exact) mass is 161 g/mol. The number of halogens is 1. The van der Waals surface area contributed by atoms with Crippen LogP contribution in [0.5, 0.6) is 0 Å². The minimum atomic E-state index is -0.471. The highest BCUT2D eigenvalue weighted by molar-refractivity contribution is 5.43. The van der Waals surface area contributed by atoms with Crippen molar-refractivity contribution in [2.45, 2.75) is 0 Å². The van der Waals surface area contributed by atoms with Crippen LogP contribution >= 0.6 is 0 Å². The lowest BCUT2D eigenvalue weighted by molar-refractivity contribution is 0.566. The van der Waals surface area contributed by atoms with Crippen LogP contribution in [-0.4, -0.2) is 9.38 Å². The maximum atomic E-state index is 13.0. The molecular formula is C8H4FN3. The zero-order valence-electron chi connectivity index (χ0n) is 6.03. The Balaban J connectivity index is 2.95. The summed E-state index contributed by atoms with van der Waals surface area (Å²) >= 11 is 0. The number of hydrogen-bond donors (Lipinski definition) is 0. The Morgan fingerprint density at radius 3 is 3.08 bits per heavy atom. The minimum Gasteiger partial charge on any atom is -0.259 e. The van der Waals surface area contributed by atoms with E-state index >= 15 is 0 Å². The molecule has 2 heterocycles. The predicted molar refractivity (Wildman–Crippen MR) is 39.9 cm³/mol. The molecule has 0 bridgehead atoms. The quantitative estimate of drug-likeness (QED) is 0.547. The third kappa shape index (κ3) is 0.768. The van der Waals surface area contributed by atoms with Gasteiger partial charge in [-0.05, 0) is 12.1 Å². The van der Waals surface area contributed by atoms with Gasteiger partial charge in [0, 0.05) is 0 Å². The molecule has 2 rings (SSSR count). The van der Waals surface area contributed by atoms with Crippen molar-refractivity contribution in [2.24, 2.45) is 0 Å². The van der Waals surface area contributed by atoms with Crippen LogP contribution in [-0.2, 0) is 0 Å². The topological polar surface area (TPSA) is 41.1 Å². The van der Waals surface area contributed by atoms with E-state index in [1.165, 1.54) is 16.7 Å². The van der Waals surface area contributed by atoms with Gasteiger partial charge in [0.2, 0.25) is 0 Å². The summed E-state index contributed by atoms with van der Waals surface area (Å²) in [4.78, 5) is 3.85. The molecule has 58 valence electrons. The molecule has 4 heteroatoms. The van der Waals surface area contributed by atoms with Crippen molar-refractivity contribution < 1.29 is 4.39 Å². The fourth-order valence-electron chi connectivity index (χ4n) is 1.08. The highest BCUT2D eigenvalue weighted by Gasteiger charge is 2.04. The zero-order valence-corrected chi connectivity index (χ0v) is 6.03. The van der Waals surface area contributed by atoms with Crippen LogP contribution in [0.15, 0.2) is 24.4 Å². The molecule has 0 aromatic carbocycles. The molecule has 0 aliphatic heterocycles. The second-order valence-corrected chi connectivity index (χ2v) is 2.30. The highest BCUT2D eigenvalue weighted by Crippen LogP contribution is 2.07. The van der Waals surface area contributed by atoms with Crippen LogP contribution in [0.2, 0.25) is 0 Å². The summed E-state index contributed by atoms with van der Waals surface area (Å²) in [6, 6.07) is 6.34. The molecule has 0 aliphatic rings. The van der Waals surface area contributed by atoms with E-state index in [1.54, 1.807) is 12.1 Å². The Morgan fingerprint density at radius 1 is 1.50 bits per heavy atom. The lowest BCUT2D eigenvalue weighted by Crippen LogP contribution is -1.93. The number of imidazole rings is 1. The molecule has 12 heavy (non-hydrogen) atoms. The van der Waals surface area contributed by atoms with Gasteiger partial charge in [-0.15, -0.1) is 0 Å². The maximum absolute atomic E-state index is 13.0. The number of nitriles is 1. The number of rotatable bonds is 0. The molecule has 0 unspecified atom stereocenters. The molecule has 0 N–H and O–H groups in total. The summed E-state index contributed by atoms with van der Waals surface area (Å²) in [7, 11) is 0. The van der Waals surface area contributed by atoms with E-state index < -0.39 is 5.95 Å². The van der Waals surface area contributed by atoms with Gasteiger partial charge < -0.3 is 0 Å². The highest BCUT2D eigenvalue weighted by atomic mass is 19.1. The fraction of sp³-hybridized carbons (Fsp3) is 0. The number of pyridine rings is 1. The molecule has 0 atom stereocenters. The molecule has 0 saturated heterocycles. The van der Waals surface area contributed by atoms with Gasteiger partial charge >= 0.3 is 0 Å². The van der Waals surface area contributed by atoms with Crippen LogP contribution in [0.1, 0.15) is 5.69 Å². The zero-order chi connectivity index (χ0) is 8.55. The normalized spacial score (nSPS) is 10.0. The van der Waals surface area contributed by atoms with Gasteiger partial charge in [0.05, 0.1) is 6.20 Å². The Hall–Kier alpha value is -1.89. The first kappa shape index (κ1) is 6.80. The third-order valence-electron chi connectivity index (χ3n) is 1.60. The Morgan fingerprint density at radius 2 is 2.33 bits per heavy atom. The smallest absolute Gasteiger partial charge is 0.200 e. The molecule has 2 aromatic rings. The van der Waals surface area contributed by atoms with E-state index in [0.29, 0.717) is 5.65 Å². The standard InChI is InChI=1S/C8H4FN3/c9-7-2-1-3-8-11-5-6(4-10)12(7)8/h1-3,5H. The number of hydrogen-bond acceptors (Lipinski definition) is 2. The van der Waals surface area contributed by atoms with E-state index in [-0.39, 0.29) is 5.69 Å². The van der Waals surface area contributed by atoms with Gasteiger partial charge in [0.1, 0.15) is 17.4 Å². The lowest BCUT2D eigenvalue weighted by Gasteiger charge is -1.94. The van der Waals surface area contributed by atoms with Crippen LogP contribution in [0, 0.1) is 17.3 Å². The first-order valence-corrected chi connectivity index (χ1v) is 3.35. The van der Waals surface area contributed by atoms with Gasteiger partial charge in [-0.3, -0.25) is 4.40 Å². The molecule has 0 spiro atoms. The first-order chi connectivity index (χ1) is 5.83. The van der Waals surface area contributed by atoms with E-state index in [1.807, 2.05) is 6.07 Å². The van der Waals surface area contributed by atoms with Crippen LogP contribution in [0.25, 0.3) is 5.65 Å². The molecule has 0 aliphatic carbocycles. The summed E-state index contributed by atoms with van der Waals surface area (Å²) in [6.45, 7) is 0. The Kier molecular flexibility index (Phi) is 1.31. The van der Waals surface area contributed by atoms with Crippen molar-refractivity contribution in [3.05, 3.63) is 36.0 Å². The van der Waals surface area contributed by atoms with Gasteiger partial charge in [-0.25, -0.2) is 4.98 Å². The summed E-state index contributed by atoms with van der Waals surface area (Å²) < 4.78 is 14.2. The summed E-state index contributed by atoms with van der Waals surface area (Å²) in [6.07, 6.45) is 1.35. The van der Waals surface area contributed by atoms with E-state index in [2.05, 4.69) is 4.98 Å². The summed E-state index contributed by atoms with van der Waals surface area (Å²) in [5.41, 5.74) is 0.662. The molecular weight excluding hydrogens is 157 g/mol. The lowest BCUT2D eigenvalue weighted by atomic mass is 10.4. The van der Waals surface area contributed by atoms with Gasteiger partial charge in [-0.1, -0.05) is 6.07 Å². The summed E-state index contributed by atoms with van der Waals surface area (Å²) in [5, 5.41) is 8.57. The largest absolute Gasteiger partial charge is 0.259 e. The van der Waals surface area contributed by atoms with E-state index in [4.69, 9.17) is 5.26 Å². The maximum Gasteiger partial charge on any atom is 0.200 e. The Labute approximate surface area is 67.7 Å². The second-order valence-electron chi connectivity index (χ2n) is 2.30. The molecule has 0 amide bonds. The number of nitrogens with zero attached hydrogens (tertiary/aromatic N) is 3. The number of aromatic nitrogens is 2. The van der Waals surface area contributed by atoms with E-state index in [0.717, 1.165) is 0 Å². The second kappa shape index (κ2) is 2.31. The minimum absolute atomic E-state index is 0.211. The molecule has 3 nitrogen and oxygen atoms in total. The Bertz CT molecular complexity index is 467. The first-order valence-electron chi connectivity index (χ1n) is 3.35. The van der Waals surface area contributed by atoms with E-state index in [9.17, 15) is 4.39 Å². The average Bonchev–Trinajstić information content (AvgIpc) is 2.49. The van der Waals surface area contributed by atoms with Crippen LogP contribution < -0.4 is 0 Å². The predicted octanol–water partition coefficient (Wildman–Crippen LogP) is 1.35. The van der Waals surface area contributed by atoms with Gasteiger partial charge in [-0.2, -0.15) is 9.65 Å². The van der Waals surface area contributed by atoms with Crippen molar-refractivity contribution in [3.63, 3.8) is 0 Å². The molecule has 0 fully saturated rings. The summed E-state index contributed by atoms with van der Waals surface area (Å²) in [5.74, 6) is -0.471. The average molecular weight is 161 g/mol. The van der Waals surface area contributed by atoms with Crippen LogP contribution in [0.4, 0.5) is 4.39 Å². The molecule has 2 aromatic heterocycles. The van der Waals surface area contributed by atoms with Gasteiger partial charge in [0.25, 0.3) is 0 Å². The molecule has 0 saturated carbocycles. The van der Waals surface area contributed by atoms with Crippen molar-refractivity contribution in [2.75, 3.05) is 0 Å². The fourth-order valence-corrected chi connectivity index (χ4v) is 1.08. The SMILES string of the molecule is N#Cc1cnc2cccc(F)n12. The third-order valence-corrected chi connectivity index (χ3v) is 1.60. The van der Waals surface area contributed by atoms with Crippen molar-refractivity contribution >= 4 is 5.65 Å². The van der Waals surface area contributed by atoms with Crippen molar-refractivity contribution in [1.82, 2.24) is 9.38 Å². The van der Waals surface area contributed by atoms with Crippen LogP contribution in [0.3, 0.4) is 0 Å².